The molecule has 3 saturated carbocycles. The van der Waals surface area contributed by atoms with E-state index < -0.39 is 0 Å². The van der Waals surface area contributed by atoms with Crippen LogP contribution in [0.4, 0.5) is 0 Å². The van der Waals surface area contributed by atoms with Crippen molar-refractivity contribution in [3.05, 3.63) is 0 Å². The molecule has 0 aromatic rings. The molecule has 0 heterocycles. The molecular weight excluding hydrogens is 236 g/mol. The van der Waals surface area contributed by atoms with Gasteiger partial charge in [-0.05, 0) is 60.2 Å². The van der Waals surface area contributed by atoms with E-state index in [1.807, 2.05) is 0 Å². The van der Waals surface area contributed by atoms with Gasteiger partial charge in [0.25, 0.3) is 0 Å². The molecule has 0 aliphatic heterocycles. The average molecular weight is 264 g/mol. The third kappa shape index (κ3) is 2.02. The molecule has 19 heavy (non-hydrogen) atoms. The van der Waals surface area contributed by atoms with Gasteiger partial charge in [-0.15, -0.1) is 0 Å². The van der Waals surface area contributed by atoms with Crippen molar-refractivity contribution in [2.24, 2.45) is 34.5 Å². The summed E-state index contributed by atoms with van der Waals surface area (Å²) in [6.45, 7) is 11.2. The molecule has 0 amide bonds. The maximum Gasteiger partial charge on any atom is 0.302 e. The van der Waals surface area contributed by atoms with Gasteiger partial charge in [0.1, 0.15) is 6.10 Å². The minimum absolute atomic E-state index is 0.111. The quantitative estimate of drug-likeness (QED) is 0.668. The Bertz CT molecular complexity index is 400. The number of carbonyl (C=O) groups excluding carboxylic acids is 1. The van der Waals surface area contributed by atoms with Gasteiger partial charge < -0.3 is 4.74 Å². The Morgan fingerprint density at radius 3 is 2.37 bits per heavy atom. The Balaban J connectivity index is 1.78. The first-order valence-corrected chi connectivity index (χ1v) is 7.91. The third-order valence-electron chi connectivity index (χ3n) is 6.73. The van der Waals surface area contributed by atoms with Crippen LogP contribution in [0.25, 0.3) is 0 Å². The molecule has 0 radical (unpaired) electrons. The molecule has 0 bridgehead atoms. The van der Waals surface area contributed by atoms with E-state index in [1.165, 1.54) is 12.8 Å². The average Bonchev–Trinajstić information content (AvgIpc) is 2.75. The predicted octanol–water partition coefficient (Wildman–Crippen LogP) is 4.04. The second-order valence-electron chi connectivity index (χ2n) is 8.38. The van der Waals surface area contributed by atoms with E-state index >= 15 is 0 Å². The molecule has 2 nitrogen and oxygen atoms in total. The van der Waals surface area contributed by atoms with Crippen molar-refractivity contribution in [2.45, 2.75) is 66.4 Å². The molecule has 0 aromatic heterocycles. The number of rotatable bonds is 1. The second kappa shape index (κ2) is 3.99. The zero-order chi connectivity index (χ0) is 14.0. The van der Waals surface area contributed by atoms with Crippen molar-refractivity contribution in [3.8, 4) is 0 Å². The molecule has 108 valence electrons. The topological polar surface area (TPSA) is 26.3 Å². The van der Waals surface area contributed by atoms with Gasteiger partial charge in [0.2, 0.25) is 0 Å². The fraction of sp³-hybridized carbons (Fsp3) is 0.941. The summed E-state index contributed by atoms with van der Waals surface area (Å²) < 4.78 is 5.54. The highest BCUT2D eigenvalue weighted by Gasteiger charge is 2.65. The van der Waals surface area contributed by atoms with Crippen LogP contribution in [-0.4, -0.2) is 12.1 Å². The van der Waals surface area contributed by atoms with Crippen molar-refractivity contribution >= 4 is 5.97 Å². The molecule has 2 heteroatoms. The second-order valence-corrected chi connectivity index (χ2v) is 8.38. The lowest BCUT2D eigenvalue weighted by Gasteiger charge is -2.50. The Kier molecular flexibility index (Phi) is 2.82. The summed E-state index contributed by atoms with van der Waals surface area (Å²) in [7, 11) is 0. The molecule has 0 aromatic carbocycles. The maximum atomic E-state index is 11.2. The lowest BCUT2D eigenvalue weighted by molar-refractivity contribution is -0.154. The van der Waals surface area contributed by atoms with E-state index in [1.54, 1.807) is 6.92 Å². The van der Waals surface area contributed by atoms with Gasteiger partial charge in [-0.25, -0.2) is 0 Å². The van der Waals surface area contributed by atoms with Crippen LogP contribution in [0.1, 0.15) is 60.3 Å². The zero-order valence-corrected chi connectivity index (χ0v) is 13.0. The van der Waals surface area contributed by atoms with Crippen LogP contribution in [0, 0.1) is 34.5 Å². The van der Waals surface area contributed by atoms with E-state index in [-0.39, 0.29) is 12.1 Å². The molecule has 6 atom stereocenters. The minimum Gasteiger partial charge on any atom is -0.463 e. The lowest BCUT2D eigenvalue weighted by atomic mass is 9.56. The van der Waals surface area contributed by atoms with E-state index in [2.05, 4.69) is 27.7 Å². The highest BCUT2D eigenvalue weighted by atomic mass is 16.5. The monoisotopic (exact) mass is 264 g/mol. The fourth-order valence-electron chi connectivity index (χ4n) is 5.60. The summed E-state index contributed by atoms with van der Waals surface area (Å²) in [5.74, 6) is 3.29. The first-order chi connectivity index (χ1) is 8.74. The molecule has 3 aliphatic rings. The standard InChI is InChI=1S/C17H28O2/c1-10-6-12(19-11(2)18)8-17(5)9-15-14(7-13(10)17)16(15,3)4/h10,12-15H,6-9H2,1-5H3/t10-,12-,13-,14+,15-,17-/m0/s1. The van der Waals surface area contributed by atoms with Crippen LogP contribution in [0.5, 0.6) is 0 Å². The molecule has 0 unspecified atom stereocenters. The Hall–Kier alpha value is -0.530. The van der Waals surface area contributed by atoms with Crippen LogP contribution in [0.2, 0.25) is 0 Å². The van der Waals surface area contributed by atoms with E-state index in [4.69, 9.17) is 4.74 Å². The van der Waals surface area contributed by atoms with Gasteiger partial charge in [0.05, 0.1) is 0 Å². The van der Waals surface area contributed by atoms with Gasteiger partial charge in [0, 0.05) is 6.92 Å². The summed E-state index contributed by atoms with van der Waals surface area (Å²) in [4.78, 5) is 11.2. The van der Waals surface area contributed by atoms with E-state index in [0.29, 0.717) is 16.7 Å². The van der Waals surface area contributed by atoms with E-state index in [9.17, 15) is 4.79 Å². The molecule has 0 saturated heterocycles. The summed E-state index contributed by atoms with van der Waals surface area (Å²) in [5.41, 5.74) is 0.962. The summed E-state index contributed by atoms with van der Waals surface area (Å²) in [6.07, 6.45) is 5.06. The Labute approximate surface area is 117 Å². The summed E-state index contributed by atoms with van der Waals surface area (Å²) in [5, 5.41) is 0. The highest BCUT2D eigenvalue weighted by molar-refractivity contribution is 5.66. The van der Waals surface area contributed by atoms with Crippen molar-refractivity contribution in [1.82, 2.24) is 0 Å². The van der Waals surface area contributed by atoms with Gasteiger partial charge in [-0.2, -0.15) is 0 Å². The maximum absolute atomic E-state index is 11.2. The summed E-state index contributed by atoms with van der Waals surface area (Å²) in [6, 6.07) is 0. The molecule has 3 fully saturated rings. The van der Waals surface area contributed by atoms with E-state index in [0.717, 1.165) is 30.6 Å². The number of esters is 1. The molecule has 0 spiro atoms. The first kappa shape index (κ1) is 13.5. The van der Waals surface area contributed by atoms with Crippen LogP contribution in [0.3, 0.4) is 0 Å². The van der Waals surface area contributed by atoms with Crippen molar-refractivity contribution < 1.29 is 9.53 Å². The van der Waals surface area contributed by atoms with Crippen LogP contribution in [-0.2, 0) is 9.53 Å². The number of hydrogen-bond acceptors (Lipinski definition) is 2. The van der Waals surface area contributed by atoms with Crippen molar-refractivity contribution in [1.29, 1.82) is 0 Å². The fourth-order valence-corrected chi connectivity index (χ4v) is 5.60. The number of hydrogen-bond donors (Lipinski definition) is 0. The smallest absolute Gasteiger partial charge is 0.302 e. The largest absolute Gasteiger partial charge is 0.463 e. The minimum atomic E-state index is -0.111. The van der Waals surface area contributed by atoms with Crippen molar-refractivity contribution in [2.75, 3.05) is 0 Å². The predicted molar refractivity (Wildman–Crippen MR) is 75.5 cm³/mol. The molecule has 3 rings (SSSR count). The number of fused-ring (bicyclic) bond motifs is 2. The van der Waals surface area contributed by atoms with Crippen LogP contribution >= 0.6 is 0 Å². The Morgan fingerprint density at radius 2 is 1.74 bits per heavy atom. The third-order valence-corrected chi connectivity index (χ3v) is 6.73. The molecular formula is C17H28O2. The normalized spacial score (nSPS) is 50.9. The lowest BCUT2D eigenvalue weighted by Crippen LogP contribution is -2.45. The summed E-state index contributed by atoms with van der Waals surface area (Å²) >= 11 is 0. The van der Waals surface area contributed by atoms with Gasteiger partial charge in [0.15, 0.2) is 0 Å². The number of ether oxygens (including phenoxy) is 1. The molecule has 3 aliphatic carbocycles. The Morgan fingerprint density at radius 1 is 1.05 bits per heavy atom. The first-order valence-electron chi connectivity index (χ1n) is 7.91. The SMILES string of the molecule is CC(=O)O[C@H]1C[C@H](C)[C@@H]2C[C@@H]3[C@H](C[C@]2(C)C1)C3(C)C. The van der Waals surface area contributed by atoms with Gasteiger partial charge >= 0.3 is 5.97 Å². The molecule has 0 N–H and O–H groups in total. The van der Waals surface area contributed by atoms with Crippen LogP contribution in [0.15, 0.2) is 0 Å². The van der Waals surface area contributed by atoms with Gasteiger partial charge in [-0.1, -0.05) is 27.7 Å². The highest BCUT2D eigenvalue weighted by Crippen LogP contribution is 2.72. The van der Waals surface area contributed by atoms with Gasteiger partial charge in [-0.3, -0.25) is 4.79 Å². The van der Waals surface area contributed by atoms with Crippen LogP contribution < -0.4 is 0 Å². The number of carbonyl (C=O) groups is 1. The van der Waals surface area contributed by atoms with Crippen molar-refractivity contribution in [3.63, 3.8) is 0 Å². The zero-order valence-electron chi connectivity index (χ0n) is 13.0.